The molecule has 5 rings (SSSR count). The lowest BCUT2D eigenvalue weighted by Crippen LogP contribution is -2.53. The van der Waals surface area contributed by atoms with Gasteiger partial charge >= 0.3 is 0 Å². The van der Waals surface area contributed by atoms with Crippen LogP contribution in [0.3, 0.4) is 0 Å². The molecule has 142 valence electrons. The summed E-state index contributed by atoms with van der Waals surface area (Å²) in [5, 5.41) is 21.1. The first-order valence-electron chi connectivity index (χ1n) is 10.2. The van der Waals surface area contributed by atoms with E-state index in [9.17, 15) is 10.2 Å². The van der Waals surface area contributed by atoms with Crippen molar-refractivity contribution in [1.29, 1.82) is 0 Å². The van der Waals surface area contributed by atoms with E-state index in [-0.39, 0.29) is 17.4 Å². The first-order chi connectivity index (χ1) is 12.4. The Morgan fingerprint density at radius 2 is 1.85 bits per heavy atom. The molecule has 0 aromatic heterocycles. The lowest BCUT2D eigenvalue weighted by Gasteiger charge is -2.54. The molecule has 2 N–H and O–H groups in total. The summed E-state index contributed by atoms with van der Waals surface area (Å²) >= 11 is 0. The van der Waals surface area contributed by atoms with Crippen molar-refractivity contribution in [2.75, 3.05) is 13.2 Å². The molecule has 3 fully saturated rings. The molecule has 1 heterocycles. The van der Waals surface area contributed by atoms with Crippen LogP contribution in [-0.2, 0) is 15.9 Å². The van der Waals surface area contributed by atoms with E-state index in [2.05, 4.69) is 13.8 Å². The number of rotatable bonds is 1. The number of phenols is 1. The molecule has 1 aliphatic heterocycles. The summed E-state index contributed by atoms with van der Waals surface area (Å²) in [6.45, 7) is 5.84. The van der Waals surface area contributed by atoms with E-state index in [1.54, 1.807) is 6.07 Å². The summed E-state index contributed by atoms with van der Waals surface area (Å²) in [6, 6.07) is 5.72. The molecular formula is C22H30O4. The van der Waals surface area contributed by atoms with E-state index in [4.69, 9.17) is 9.47 Å². The number of aliphatic hydroxyl groups excluding tert-OH is 1. The second kappa shape index (κ2) is 5.70. The second-order valence-electron chi connectivity index (χ2n) is 9.34. The van der Waals surface area contributed by atoms with Crippen molar-refractivity contribution in [2.24, 2.45) is 23.2 Å². The molecule has 3 aliphatic carbocycles. The van der Waals surface area contributed by atoms with E-state index in [1.165, 1.54) is 17.5 Å². The highest BCUT2D eigenvalue weighted by atomic mass is 16.7. The summed E-state index contributed by atoms with van der Waals surface area (Å²) in [6.07, 6.45) is 4.89. The smallest absolute Gasteiger partial charge is 0.169 e. The highest BCUT2D eigenvalue weighted by Gasteiger charge is 2.62. The van der Waals surface area contributed by atoms with Crippen LogP contribution in [-0.4, -0.2) is 35.3 Å². The zero-order valence-corrected chi connectivity index (χ0v) is 15.8. The predicted molar refractivity (Wildman–Crippen MR) is 97.9 cm³/mol. The maximum absolute atomic E-state index is 11.2. The number of benzene rings is 1. The number of aryl methyl sites for hydroxylation is 1. The number of fused-ring (bicyclic) bond motifs is 5. The van der Waals surface area contributed by atoms with Gasteiger partial charge in [0.1, 0.15) is 5.75 Å². The standard InChI is InChI=1S/C22H30O4/c1-21-12-18(24)20-15-6-4-14(23)11-13(15)3-5-16(20)17(21)7-8-19(21)22(2)25-9-10-26-22/h4,6,11,16-20,23-24H,3,5,7-10,12H2,1-2H3/t16-,17?,18?,19?,20?,21?/m0/s1. The predicted octanol–water partition coefficient (Wildman–Crippen LogP) is 3.60. The highest BCUT2D eigenvalue weighted by molar-refractivity contribution is 5.41. The first kappa shape index (κ1) is 17.0. The number of ether oxygens (including phenoxy) is 2. The normalized spacial score (nSPS) is 43.6. The second-order valence-corrected chi connectivity index (χ2v) is 9.34. The molecule has 0 radical (unpaired) electrons. The molecule has 5 unspecified atom stereocenters. The Bertz CT molecular complexity index is 710. The molecule has 1 saturated heterocycles. The van der Waals surface area contributed by atoms with Gasteiger partial charge in [-0.1, -0.05) is 13.0 Å². The Labute approximate surface area is 155 Å². The van der Waals surface area contributed by atoms with Crippen LogP contribution in [0.2, 0.25) is 0 Å². The summed E-state index contributed by atoms with van der Waals surface area (Å²) in [4.78, 5) is 0. The van der Waals surface area contributed by atoms with Crippen LogP contribution in [0.25, 0.3) is 0 Å². The van der Waals surface area contributed by atoms with Gasteiger partial charge < -0.3 is 19.7 Å². The largest absolute Gasteiger partial charge is 0.508 e. The van der Waals surface area contributed by atoms with Crippen LogP contribution in [0.15, 0.2) is 18.2 Å². The van der Waals surface area contributed by atoms with Gasteiger partial charge in [-0.15, -0.1) is 0 Å². The van der Waals surface area contributed by atoms with Gasteiger partial charge in [0, 0.05) is 11.8 Å². The molecule has 0 bridgehead atoms. The minimum absolute atomic E-state index is 0.0636. The van der Waals surface area contributed by atoms with Gasteiger partial charge in [0.15, 0.2) is 5.79 Å². The quantitative estimate of drug-likeness (QED) is 0.805. The van der Waals surface area contributed by atoms with Crippen molar-refractivity contribution in [3.63, 3.8) is 0 Å². The van der Waals surface area contributed by atoms with E-state index in [1.807, 2.05) is 12.1 Å². The van der Waals surface area contributed by atoms with E-state index >= 15 is 0 Å². The van der Waals surface area contributed by atoms with Crippen molar-refractivity contribution < 1.29 is 19.7 Å². The zero-order chi connectivity index (χ0) is 18.1. The topological polar surface area (TPSA) is 58.9 Å². The van der Waals surface area contributed by atoms with Gasteiger partial charge in [-0.05, 0) is 79.5 Å². The maximum atomic E-state index is 11.2. The summed E-state index contributed by atoms with van der Waals surface area (Å²) in [5.41, 5.74) is 2.54. The minimum atomic E-state index is -0.492. The lowest BCUT2D eigenvalue weighted by atomic mass is 9.52. The molecule has 6 atom stereocenters. The van der Waals surface area contributed by atoms with E-state index in [0.717, 1.165) is 25.7 Å². The minimum Gasteiger partial charge on any atom is -0.508 e. The number of aromatic hydroxyl groups is 1. The Kier molecular flexibility index (Phi) is 3.73. The average Bonchev–Trinajstić information content (AvgIpc) is 3.18. The Morgan fingerprint density at radius 3 is 2.62 bits per heavy atom. The number of phenolic OH excluding ortho intramolecular Hbond substituents is 1. The molecule has 26 heavy (non-hydrogen) atoms. The monoisotopic (exact) mass is 358 g/mol. The van der Waals surface area contributed by atoms with E-state index < -0.39 is 5.79 Å². The third-order valence-corrected chi connectivity index (χ3v) is 8.18. The number of hydrogen-bond donors (Lipinski definition) is 2. The van der Waals surface area contributed by atoms with Gasteiger partial charge in [-0.25, -0.2) is 0 Å². The van der Waals surface area contributed by atoms with Gasteiger partial charge in [-0.2, -0.15) is 0 Å². The zero-order valence-electron chi connectivity index (χ0n) is 15.8. The van der Waals surface area contributed by atoms with E-state index in [0.29, 0.717) is 36.7 Å². The van der Waals surface area contributed by atoms with Crippen LogP contribution in [0.5, 0.6) is 5.75 Å². The van der Waals surface area contributed by atoms with Crippen molar-refractivity contribution in [1.82, 2.24) is 0 Å². The SMILES string of the molecule is CC1(C2CCC3[C@@H]4CCc5cc(O)ccc5C4C(O)CC32C)OCCO1. The van der Waals surface area contributed by atoms with Gasteiger partial charge in [0.05, 0.1) is 19.3 Å². The van der Waals surface area contributed by atoms with Crippen molar-refractivity contribution >= 4 is 0 Å². The molecular weight excluding hydrogens is 328 g/mol. The van der Waals surface area contributed by atoms with Crippen LogP contribution in [0.1, 0.15) is 56.6 Å². The fourth-order valence-electron chi connectivity index (χ4n) is 7.24. The maximum Gasteiger partial charge on any atom is 0.169 e. The molecule has 1 aromatic carbocycles. The number of aliphatic hydroxyl groups is 1. The Morgan fingerprint density at radius 1 is 1.08 bits per heavy atom. The summed E-state index contributed by atoms with van der Waals surface area (Å²) in [7, 11) is 0. The fraction of sp³-hybridized carbons (Fsp3) is 0.727. The molecule has 4 nitrogen and oxygen atoms in total. The van der Waals surface area contributed by atoms with Crippen molar-refractivity contribution in [3.05, 3.63) is 29.3 Å². The molecule has 4 aliphatic rings. The molecule has 1 aromatic rings. The molecule has 4 heteroatoms. The third-order valence-electron chi connectivity index (χ3n) is 8.18. The average molecular weight is 358 g/mol. The van der Waals surface area contributed by atoms with Gasteiger partial charge in [0.2, 0.25) is 0 Å². The Hall–Kier alpha value is -1.10. The third kappa shape index (κ3) is 2.25. The Balaban J connectivity index is 1.51. The summed E-state index contributed by atoms with van der Waals surface area (Å²) < 4.78 is 12.1. The summed E-state index contributed by atoms with van der Waals surface area (Å²) in [5.74, 6) is 1.51. The van der Waals surface area contributed by atoms with Crippen LogP contribution in [0, 0.1) is 23.2 Å². The van der Waals surface area contributed by atoms with Gasteiger partial charge in [-0.3, -0.25) is 0 Å². The first-order valence-corrected chi connectivity index (χ1v) is 10.2. The molecule has 0 spiro atoms. The van der Waals surface area contributed by atoms with Crippen molar-refractivity contribution in [2.45, 2.75) is 63.8 Å². The van der Waals surface area contributed by atoms with Crippen molar-refractivity contribution in [3.8, 4) is 5.75 Å². The lowest BCUT2D eigenvalue weighted by molar-refractivity contribution is -0.216. The highest BCUT2D eigenvalue weighted by Crippen LogP contribution is 2.65. The van der Waals surface area contributed by atoms with Crippen LogP contribution < -0.4 is 0 Å². The van der Waals surface area contributed by atoms with Crippen LogP contribution >= 0.6 is 0 Å². The molecule has 2 saturated carbocycles. The van der Waals surface area contributed by atoms with Crippen LogP contribution in [0.4, 0.5) is 0 Å². The number of hydrogen-bond acceptors (Lipinski definition) is 4. The molecule has 0 amide bonds. The fourth-order valence-corrected chi connectivity index (χ4v) is 7.24. The van der Waals surface area contributed by atoms with Gasteiger partial charge in [0.25, 0.3) is 0 Å².